The van der Waals surface area contributed by atoms with E-state index in [1.54, 1.807) is 11.3 Å². The lowest BCUT2D eigenvalue weighted by Gasteiger charge is -2.14. The molecule has 0 aliphatic rings. The molecule has 0 aliphatic heterocycles. The summed E-state index contributed by atoms with van der Waals surface area (Å²) < 4.78 is 0. The molecule has 2 nitrogen and oxygen atoms in total. The van der Waals surface area contributed by atoms with Crippen LogP contribution in [0.25, 0.3) is 0 Å². The van der Waals surface area contributed by atoms with Crippen molar-refractivity contribution in [3.05, 3.63) is 52.0 Å². The number of nitrogens with one attached hydrogen (secondary N) is 1. The van der Waals surface area contributed by atoms with Crippen LogP contribution < -0.4 is 5.32 Å². The first-order valence-electron chi connectivity index (χ1n) is 6.99. The summed E-state index contributed by atoms with van der Waals surface area (Å²) in [5, 5.41) is 3.53. The van der Waals surface area contributed by atoms with E-state index < -0.39 is 0 Å². The second-order valence-electron chi connectivity index (χ2n) is 4.92. The monoisotopic (exact) mass is 274 g/mol. The molecule has 0 fully saturated rings. The third-order valence-corrected chi connectivity index (χ3v) is 4.14. The molecule has 1 unspecified atom stereocenters. The van der Waals surface area contributed by atoms with Gasteiger partial charge in [0.25, 0.3) is 0 Å². The largest absolute Gasteiger partial charge is 0.305 e. The molecule has 2 rings (SSSR count). The van der Waals surface area contributed by atoms with Gasteiger partial charge >= 0.3 is 0 Å². The number of aromatic nitrogens is 1. The second kappa shape index (κ2) is 7.41. The van der Waals surface area contributed by atoms with Gasteiger partial charge in [0.15, 0.2) is 0 Å². The summed E-state index contributed by atoms with van der Waals surface area (Å²) in [6, 6.07) is 9.39. The molecule has 3 heteroatoms. The topological polar surface area (TPSA) is 24.9 Å². The van der Waals surface area contributed by atoms with E-state index in [-0.39, 0.29) is 0 Å². The Morgan fingerprint density at radius 3 is 2.68 bits per heavy atom. The molecule has 1 N–H and O–H groups in total. The molecule has 0 aliphatic carbocycles. The van der Waals surface area contributed by atoms with E-state index in [9.17, 15) is 0 Å². The van der Waals surface area contributed by atoms with Crippen LogP contribution in [0.2, 0.25) is 0 Å². The number of rotatable bonds is 7. The molecule has 0 spiro atoms. The number of thiazole rings is 1. The first kappa shape index (κ1) is 14.2. The highest BCUT2D eigenvalue weighted by Crippen LogP contribution is 2.16. The van der Waals surface area contributed by atoms with Crippen molar-refractivity contribution in [2.24, 2.45) is 0 Å². The van der Waals surface area contributed by atoms with Crippen molar-refractivity contribution in [2.45, 2.75) is 45.7 Å². The Balaban J connectivity index is 1.86. The Bertz CT molecular complexity index is 462. The molecule has 2 aromatic rings. The fourth-order valence-electron chi connectivity index (χ4n) is 2.05. The fraction of sp³-hybridized carbons (Fsp3) is 0.438. The summed E-state index contributed by atoms with van der Waals surface area (Å²) in [5.74, 6) is 0. The number of aryl methyl sites for hydroxylation is 1. The molecule has 102 valence electrons. The Morgan fingerprint density at radius 1 is 1.26 bits per heavy atom. The molecule has 1 heterocycles. The lowest BCUT2D eigenvalue weighted by molar-refractivity contribution is 0.578. The lowest BCUT2D eigenvalue weighted by Crippen LogP contribution is -2.17. The van der Waals surface area contributed by atoms with Gasteiger partial charge in [-0.2, -0.15) is 0 Å². The molecule has 1 atom stereocenters. The van der Waals surface area contributed by atoms with Crippen LogP contribution in [0.4, 0.5) is 0 Å². The predicted molar refractivity (Wildman–Crippen MR) is 82.4 cm³/mol. The van der Waals surface area contributed by atoms with Crippen LogP contribution in [0, 0.1) is 0 Å². The zero-order valence-corrected chi connectivity index (χ0v) is 12.5. The molecule has 0 amide bonds. The highest BCUT2D eigenvalue weighted by molar-refractivity contribution is 7.09. The van der Waals surface area contributed by atoms with Crippen molar-refractivity contribution in [3.8, 4) is 0 Å². The molecule has 0 saturated heterocycles. The first-order chi connectivity index (χ1) is 9.29. The zero-order valence-electron chi connectivity index (χ0n) is 11.7. The molecule has 0 saturated carbocycles. The van der Waals surface area contributed by atoms with E-state index in [0.717, 1.165) is 6.54 Å². The summed E-state index contributed by atoms with van der Waals surface area (Å²) in [4.78, 5) is 5.38. The van der Waals surface area contributed by atoms with Gasteiger partial charge in [-0.1, -0.05) is 37.6 Å². The SMILES string of the molecule is CCCCc1ccc(C(C)NCc2cncs2)cc1. The standard InChI is InChI=1S/C16H22N2S/c1-3-4-5-14-6-8-15(9-7-14)13(2)18-11-16-10-17-12-19-16/h6-10,12-13,18H,3-5,11H2,1-2H3. The minimum atomic E-state index is 0.377. The average molecular weight is 274 g/mol. The van der Waals surface area contributed by atoms with Crippen molar-refractivity contribution in [1.29, 1.82) is 0 Å². The maximum atomic E-state index is 4.09. The Morgan fingerprint density at radius 2 is 2.05 bits per heavy atom. The normalized spacial score (nSPS) is 12.5. The Kier molecular flexibility index (Phi) is 5.55. The van der Waals surface area contributed by atoms with Crippen molar-refractivity contribution in [3.63, 3.8) is 0 Å². The van der Waals surface area contributed by atoms with E-state index in [1.165, 1.54) is 35.3 Å². The Labute approximate surface area is 119 Å². The number of hydrogen-bond acceptors (Lipinski definition) is 3. The average Bonchev–Trinajstić information content (AvgIpc) is 2.96. The van der Waals surface area contributed by atoms with Gasteiger partial charge in [-0.25, -0.2) is 0 Å². The third kappa shape index (κ3) is 4.44. The summed E-state index contributed by atoms with van der Waals surface area (Å²) >= 11 is 1.70. The molecule has 0 bridgehead atoms. The van der Waals surface area contributed by atoms with Crippen LogP contribution in [0.15, 0.2) is 36.0 Å². The van der Waals surface area contributed by atoms with Crippen LogP contribution >= 0.6 is 11.3 Å². The molecular formula is C16H22N2S. The predicted octanol–water partition coefficient (Wildman–Crippen LogP) is 4.34. The first-order valence-corrected chi connectivity index (χ1v) is 7.87. The van der Waals surface area contributed by atoms with E-state index >= 15 is 0 Å². The highest BCUT2D eigenvalue weighted by atomic mass is 32.1. The van der Waals surface area contributed by atoms with Crippen molar-refractivity contribution >= 4 is 11.3 Å². The van der Waals surface area contributed by atoms with Gasteiger partial charge in [-0.05, 0) is 30.9 Å². The highest BCUT2D eigenvalue weighted by Gasteiger charge is 2.05. The summed E-state index contributed by atoms with van der Waals surface area (Å²) in [5.41, 5.74) is 4.68. The van der Waals surface area contributed by atoms with Crippen molar-refractivity contribution in [2.75, 3.05) is 0 Å². The van der Waals surface area contributed by atoms with Crippen molar-refractivity contribution in [1.82, 2.24) is 10.3 Å². The van der Waals surface area contributed by atoms with Crippen LogP contribution in [0.3, 0.4) is 0 Å². The molecule has 1 aromatic carbocycles. The van der Waals surface area contributed by atoms with E-state index in [0.29, 0.717) is 6.04 Å². The number of hydrogen-bond donors (Lipinski definition) is 1. The number of unbranched alkanes of at least 4 members (excludes halogenated alkanes) is 1. The van der Waals surface area contributed by atoms with Gasteiger partial charge in [-0.15, -0.1) is 11.3 Å². The summed E-state index contributed by atoms with van der Waals surface area (Å²) in [6.45, 7) is 5.34. The molecule has 0 radical (unpaired) electrons. The summed E-state index contributed by atoms with van der Waals surface area (Å²) in [6.07, 6.45) is 5.66. The van der Waals surface area contributed by atoms with E-state index in [1.807, 2.05) is 11.7 Å². The molecule has 19 heavy (non-hydrogen) atoms. The van der Waals surface area contributed by atoms with Gasteiger partial charge < -0.3 is 5.32 Å². The van der Waals surface area contributed by atoms with E-state index in [4.69, 9.17) is 0 Å². The van der Waals surface area contributed by atoms with Crippen LogP contribution in [-0.4, -0.2) is 4.98 Å². The van der Waals surface area contributed by atoms with Crippen LogP contribution in [-0.2, 0) is 13.0 Å². The fourth-order valence-corrected chi connectivity index (χ4v) is 2.60. The van der Waals surface area contributed by atoms with Crippen molar-refractivity contribution < 1.29 is 0 Å². The van der Waals surface area contributed by atoms with Gasteiger partial charge in [-0.3, -0.25) is 4.98 Å². The quantitative estimate of drug-likeness (QED) is 0.812. The number of benzene rings is 1. The third-order valence-electron chi connectivity index (χ3n) is 3.36. The minimum Gasteiger partial charge on any atom is -0.305 e. The molecule has 1 aromatic heterocycles. The van der Waals surface area contributed by atoms with Gasteiger partial charge in [0.1, 0.15) is 0 Å². The maximum absolute atomic E-state index is 4.09. The van der Waals surface area contributed by atoms with Crippen LogP contribution in [0.5, 0.6) is 0 Å². The number of nitrogens with zero attached hydrogens (tertiary/aromatic N) is 1. The molecular weight excluding hydrogens is 252 g/mol. The van der Waals surface area contributed by atoms with Gasteiger partial charge in [0, 0.05) is 23.7 Å². The maximum Gasteiger partial charge on any atom is 0.0794 e. The minimum absolute atomic E-state index is 0.377. The summed E-state index contributed by atoms with van der Waals surface area (Å²) in [7, 11) is 0. The smallest absolute Gasteiger partial charge is 0.0794 e. The van der Waals surface area contributed by atoms with E-state index in [2.05, 4.69) is 48.4 Å². The van der Waals surface area contributed by atoms with Gasteiger partial charge in [0.05, 0.1) is 5.51 Å². The van der Waals surface area contributed by atoms with Crippen LogP contribution in [0.1, 0.15) is 48.7 Å². The zero-order chi connectivity index (χ0) is 13.5. The Hall–Kier alpha value is -1.19. The second-order valence-corrected chi connectivity index (χ2v) is 5.89. The lowest BCUT2D eigenvalue weighted by atomic mass is 10.0. The van der Waals surface area contributed by atoms with Gasteiger partial charge in [0.2, 0.25) is 0 Å².